The second-order valence-electron chi connectivity index (χ2n) is 6.17. The van der Waals surface area contributed by atoms with E-state index in [2.05, 4.69) is 15.9 Å². The van der Waals surface area contributed by atoms with Crippen molar-refractivity contribution in [3.05, 3.63) is 88.9 Å². The molecule has 26 heavy (non-hydrogen) atoms. The van der Waals surface area contributed by atoms with Gasteiger partial charge in [-0.15, -0.1) is 0 Å². The Balaban J connectivity index is 1.85. The van der Waals surface area contributed by atoms with Crippen molar-refractivity contribution in [1.29, 1.82) is 0 Å². The van der Waals surface area contributed by atoms with Gasteiger partial charge in [0.15, 0.2) is 18.8 Å². The Kier molecular flexibility index (Phi) is 4.56. The molecule has 0 aromatic heterocycles. The first-order chi connectivity index (χ1) is 12.6. The smallest absolute Gasteiger partial charge is 0.182 e. The van der Waals surface area contributed by atoms with E-state index in [0.717, 1.165) is 4.47 Å². The van der Waals surface area contributed by atoms with E-state index in [1.165, 1.54) is 0 Å². The predicted molar refractivity (Wildman–Crippen MR) is 107 cm³/mol. The predicted octanol–water partition coefficient (Wildman–Crippen LogP) is 4.75. The topological polar surface area (TPSA) is 43.4 Å². The van der Waals surface area contributed by atoms with Gasteiger partial charge in [-0.1, -0.05) is 76.6 Å². The third-order valence-electron chi connectivity index (χ3n) is 4.55. The Bertz CT molecular complexity index is 959. The molecule has 1 aliphatic heterocycles. The van der Waals surface area contributed by atoms with Crippen molar-refractivity contribution in [1.82, 2.24) is 0 Å². The van der Waals surface area contributed by atoms with Crippen LogP contribution < -0.4 is 15.3 Å². The average Bonchev–Trinajstić information content (AvgIpc) is 2.69. The lowest BCUT2D eigenvalue weighted by molar-refractivity contribution is 0.0911. The minimum absolute atomic E-state index is 0.0513. The molecule has 3 nitrogen and oxygen atoms in total. The first kappa shape index (κ1) is 17.3. The third-order valence-corrected chi connectivity index (χ3v) is 8.27. The van der Waals surface area contributed by atoms with Gasteiger partial charge in [0, 0.05) is 15.1 Å². The van der Waals surface area contributed by atoms with Gasteiger partial charge in [-0.3, -0.25) is 4.79 Å². The molecule has 0 fully saturated rings. The van der Waals surface area contributed by atoms with Gasteiger partial charge in [-0.25, -0.2) is 0 Å². The number of carbonyl (C=O) groups excluding carboxylic acids is 1. The lowest BCUT2D eigenvalue weighted by atomic mass is 10.1. The Morgan fingerprint density at radius 3 is 2.04 bits per heavy atom. The highest BCUT2D eigenvalue weighted by Gasteiger charge is 2.42. The molecule has 0 radical (unpaired) electrons. The number of ketones is 1. The first-order valence-corrected chi connectivity index (χ1v) is 10.9. The number of halogens is 1. The molecule has 0 N–H and O–H groups in total. The Morgan fingerprint density at radius 2 is 1.46 bits per heavy atom. The number of fused-ring (bicyclic) bond motifs is 1. The van der Waals surface area contributed by atoms with E-state index in [4.69, 9.17) is 4.74 Å². The standard InChI is InChI=1S/C21H16BrO3P/c22-15-11-12-20-18(13-15)19(23)14-21(25-20)26(24,16-7-3-1-4-8-16)17-9-5-2-6-10-17/h1-13,21H,14H2. The zero-order chi connectivity index (χ0) is 18.1. The van der Waals surface area contributed by atoms with Gasteiger partial charge in [0.1, 0.15) is 5.75 Å². The Morgan fingerprint density at radius 1 is 0.885 bits per heavy atom. The summed E-state index contributed by atoms with van der Waals surface area (Å²) in [6.07, 6.45) is 0.0878. The zero-order valence-corrected chi connectivity index (χ0v) is 16.3. The summed E-state index contributed by atoms with van der Waals surface area (Å²) in [6, 6.07) is 23.9. The quantitative estimate of drug-likeness (QED) is 0.567. The molecule has 5 heteroatoms. The van der Waals surface area contributed by atoms with Crippen molar-refractivity contribution in [2.75, 3.05) is 0 Å². The van der Waals surface area contributed by atoms with E-state index in [1.807, 2.05) is 66.7 Å². The van der Waals surface area contributed by atoms with Gasteiger partial charge >= 0.3 is 0 Å². The van der Waals surface area contributed by atoms with Crippen molar-refractivity contribution in [2.24, 2.45) is 0 Å². The number of carbonyl (C=O) groups is 1. The molecule has 0 spiro atoms. The molecule has 0 saturated carbocycles. The second-order valence-corrected chi connectivity index (χ2v) is 10.0. The fourth-order valence-electron chi connectivity index (χ4n) is 3.26. The molecular weight excluding hydrogens is 411 g/mol. The molecule has 0 saturated heterocycles. The molecule has 3 aromatic carbocycles. The summed E-state index contributed by atoms with van der Waals surface area (Å²) in [5, 5.41) is 1.40. The van der Waals surface area contributed by atoms with Crippen LogP contribution in [0.15, 0.2) is 83.3 Å². The summed E-state index contributed by atoms with van der Waals surface area (Å²) in [6.45, 7) is 0. The van der Waals surface area contributed by atoms with E-state index in [-0.39, 0.29) is 12.2 Å². The fourth-order valence-corrected chi connectivity index (χ4v) is 6.50. The van der Waals surface area contributed by atoms with Crippen LogP contribution in [0.5, 0.6) is 5.75 Å². The van der Waals surface area contributed by atoms with E-state index in [9.17, 15) is 9.36 Å². The summed E-state index contributed by atoms with van der Waals surface area (Å²) in [5.41, 5.74) is 0.531. The number of Topliss-reactive ketones (excluding diaryl/α,β-unsaturated/α-hetero) is 1. The number of rotatable bonds is 3. The Labute approximate surface area is 160 Å². The van der Waals surface area contributed by atoms with Crippen LogP contribution in [-0.2, 0) is 4.57 Å². The lowest BCUT2D eigenvalue weighted by Crippen LogP contribution is -2.34. The SMILES string of the molecule is O=C1CC(P(=O)(c2ccccc2)c2ccccc2)Oc2ccc(Br)cc21. The molecule has 3 aromatic rings. The third kappa shape index (κ3) is 2.94. The van der Waals surface area contributed by atoms with Crippen LogP contribution in [0.1, 0.15) is 16.8 Å². The van der Waals surface area contributed by atoms with Crippen LogP contribution >= 0.6 is 23.1 Å². The molecule has 4 rings (SSSR count). The molecular formula is C21H16BrO3P. The van der Waals surface area contributed by atoms with Crippen molar-refractivity contribution in [2.45, 2.75) is 12.3 Å². The fraction of sp³-hybridized carbons (Fsp3) is 0.0952. The average molecular weight is 427 g/mol. The van der Waals surface area contributed by atoms with Crippen molar-refractivity contribution >= 4 is 39.5 Å². The monoisotopic (exact) mass is 426 g/mol. The van der Waals surface area contributed by atoms with Gasteiger partial charge in [0.25, 0.3) is 0 Å². The molecule has 0 aliphatic carbocycles. The summed E-state index contributed by atoms with van der Waals surface area (Å²) >= 11 is 3.38. The zero-order valence-electron chi connectivity index (χ0n) is 13.8. The number of benzene rings is 3. The van der Waals surface area contributed by atoms with Crippen LogP contribution in [0.3, 0.4) is 0 Å². The largest absolute Gasteiger partial charge is 0.481 e. The molecule has 1 heterocycles. The molecule has 0 amide bonds. The Hall–Kier alpha value is -2.16. The summed E-state index contributed by atoms with van der Waals surface area (Å²) in [5.74, 6) is -0.278. The lowest BCUT2D eigenvalue weighted by Gasteiger charge is -2.32. The van der Waals surface area contributed by atoms with Gasteiger partial charge < -0.3 is 9.30 Å². The van der Waals surface area contributed by atoms with Gasteiger partial charge in [-0.05, 0) is 18.2 Å². The van der Waals surface area contributed by atoms with Crippen LogP contribution in [0.25, 0.3) is 0 Å². The highest BCUT2D eigenvalue weighted by Crippen LogP contribution is 2.52. The summed E-state index contributed by atoms with van der Waals surface area (Å²) in [7, 11) is -3.16. The second kappa shape index (κ2) is 6.86. The molecule has 0 bridgehead atoms. The number of hydrogen-bond donors (Lipinski definition) is 0. The van der Waals surface area contributed by atoms with Crippen LogP contribution in [0.4, 0.5) is 0 Å². The van der Waals surface area contributed by atoms with Crippen LogP contribution in [-0.4, -0.2) is 11.6 Å². The maximum Gasteiger partial charge on any atom is 0.182 e. The van der Waals surface area contributed by atoms with Crippen molar-refractivity contribution in [3.8, 4) is 5.75 Å². The molecule has 130 valence electrons. The maximum absolute atomic E-state index is 14.3. The van der Waals surface area contributed by atoms with E-state index >= 15 is 0 Å². The molecule has 1 aliphatic rings. The minimum atomic E-state index is -3.16. The number of hydrogen-bond acceptors (Lipinski definition) is 3. The normalized spacial score (nSPS) is 16.7. The molecule has 1 atom stereocenters. The van der Waals surface area contributed by atoms with Crippen LogP contribution in [0, 0.1) is 0 Å². The van der Waals surface area contributed by atoms with Crippen molar-refractivity contribution < 1.29 is 14.1 Å². The van der Waals surface area contributed by atoms with E-state index in [0.29, 0.717) is 21.9 Å². The van der Waals surface area contributed by atoms with Gasteiger partial charge in [-0.2, -0.15) is 0 Å². The number of ether oxygens (including phenoxy) is 1. The minimum Gasteiger partial charge on any atom is -0.481 e. The van der Waals surface area contributed by atoms with Gasteiger partial charge in [0.05, 0.1) is 12.0 Å². The van der Waals surface area contributed by atoms with Crippen LogP contribution in [0.2, 0.25) is 0 Å². The highest BCUT2D eigenvalue weighted by atomic mass is 79.9. The van der Waals surface area contributed by atoms with E-state index in [1.54, 1.807) is 12.1 Å². The highest BCUT2D eigenvalue weighted by molar-refractivity contribution is 9.10. The summed E-state index contributed by atoms with van der Waals surface area (Å²) < 4.78 is 21.3. The van der Waals surface area contributed by atoms with E-state index < -0.39 is 13.0 Å². The molecule has 1 unspecified atom stereocenters. The van der Waals surface area contributed by atoms with Gasteiger partial charge in [0.2, 0.25) is 0 Å². The maximum atomic E-state index is 14.3. The summed E-state index contributed by atoms with van der Waals surface area (Å²) in [4.78, 5) is 12.7. The first-order valence-electron chi connectivity index (χ1n) is 8.29. The van der Waals surface area contributed by atoms with Crippen molar-refractivity contribution in [3.63, 3.8) is 0 Å².